The molecule has 1 saturated heterocycles. The van der Waals surface area contributed by atoms with Gasteiger partial charge in [-0.3, -0.25) is 0 Å². The summed E-state index contributed by atoms with van der Waals surface area (Å²) in [5.74, 6) is 1.50. The van der Waals surface area contributed by atoms with Crippen LogP contribution in [0.2, 0.25) is 0 Å². The summed E-state index contributed by atoms with van der Waals surface area (Å²) in [6, 6.07) is 0. The molecule has 2 nitrogen and oxygen atoms in total. The molecular formula is C10H22O2. The van der Waals surface area contributed by atoms with Crippen LogP contribution in [0.3, 0.4) is 0 Å². The van der Waals surface area contributed by atoms with E-state index < -0.39 is 0 Å². The molecule has 0 saturated carbocycles. The van der Waals surface area contributed by atoms with Gasteiger partial charge in [0.15, 0.2) is 0 Å². The SMILES string of the molecule is CC1CCOC1.COCC(C)C. The van der Waals surface area contributed by atoms with E-state index in [-0.39, 0.29) is 0 Å². The molecule has 0 aromatic heterocycles. The molecule has 1 aliphatic heterocycles. The number of rotatable bonds is 2. The van der Waals surface area contributed by atoms with Gasteiger partial charge in [-0.25, -0.2) is 0 Å². The molecule has 1 aliphatic rings. The highest BCUT2D eigenvalue weighted by Crippen LogP contribution is 2.09. The molecule has 0 radical (unpaired) electrons. The number of ether oxygens (including phenoxy) is 2. The Morgan fingerprint density at radius 2 is 2.17 bits per heavy atom. The summed E-state index contributed by atoms with van der Waals surface area (Å²) in [4.78, 5) is 0. The molecule has 0 aromatic carbocycles. The lowest BCUT2D eigenvalue weighted by Gasteiger charge is -1.97. The second-order valence-electron chi connectivity index (χ2n) is 3.82. The van der Waals surface area contributed by atoms with E-state index in [2.05, 4.69) is 20.8 Å². The van der Waals surface area contributed by atoms with Crippen molar-refractivity contribution in [1.29, 1.82) is 0 Å². The zero-order chi connectivity index (χ0) is 9.40. The van der Waals surface area contributed by atoms with Crippen LogP contribution in [0.15, 0.2) is 0 Å². The maximum absolute atomic E-state index is 5.06. The fraction of sp³-hybridized carbons (Fsp3) is 1.00. The Labute approximate surface area is 76.3 Å². The van der Waals surface area contributed by atoms with Gasteiger partial charge in [0.05, 0.1) is 0 Å². The first-order valence-electron chi connectivity index (χ1n) is 4.73. The topological polar surface area (TPSA) is 18.5 Å². The zero-order valence-electron chi connectivity index (χ0n) is 8.80. The van der Waals surface area contributed by atoms with Gasteiger partial charge in [0.25, 0.3) is 0 Å². The van der Waals surface area contributed by atoms with E-state index in [1.165, 1.54) is 6.42 Å². The fourth-order valence-electron chi connectivity index (χ4n) is 0.986. The molecule has 1 unspecified atom stereocenters. The highest BCUT2D eigenvalue weighted by molar-refractivity contribution is 4.55. The van der Waals surface area contributed by atoms with Gasteiger partial charge in [-0.1, -0.05) is 20.8 Å². The number of hydrogen-bond acceptors (Lipinski definition) is 2. The molecule has 1 rings (SSSR count). The quantitative estimate of drug-likeness (QED) is 0.639. The Morgan fingerprint density at radius 3 is 2.25 bits per heavy atom. The summed E-state index contributed by atoms with van der Waals surface area (Å²) in [5, 5.41) is 0. The molecule has 12 heavy (non-hydrogen) atoms. The average Bonchev–Trinajstić information content (AvgIpc) is 2.40. The molecule has 0 bridgehead atoms. The van der Waals surface area contributed by atoms with E-state index >= 15 is 0 Å². The Morgan fingerprint density at radius 1 is 1.50 bits per heavy atom. The van der Waals surface area contributed by atoms with E-state index in [1.807, 2.05) is 0 Å². The summed E-state index contributed by atoms with van der Waals surface area (Å²) in [7, 11) is 1.72. The maximum atomic E-state index is 5.06. The first-order valence-corrected chi connectivity index (χ1v) is 4.73. The minimum absolute atomic E-state index is 0.676. The van der Waals surface area contributed by atoms with Crippen LogP contribution in [-0.4, -0.2) is 26.9 Å². The molecule has 0 amide bonds. The standard InChI is InChI=1S/C5H10O.C5H12O/c1-5-2-3-6-4-5;1-5(2)4-6-3/h5H,2-4H2,1H3;5H,4H2,1-3H3. The lowest BCUT2D eigenvalue weighted by Crippen LogP contribution is -1.96. The van der Waals surface area contributed by atoms with Gasteiger partial charge in [-0.15, -0.1) is 0 Å². The average molecular weight is 174 g/mol. The van der Waals surface area contributed by atoms with Crippen molar-refractivity contribution >= 4 is 0 Å². The monoisotopic (exact) mass is 174 g/mol. The van der Waals surface area contributed by atoms with Crippen molar-refractivity contribution in [1.82, 2.24) is 0 Å². The van der Waals surface area contributed by atoms with Gasteiger partial charge in [0, 0.05) is 26.9 Å². The van der Waals surface area contributed by atoms with Crippen molar-refractivity contribution in [2.75, 3.05) is 26.9 Å². The van der Waals surface area contributed by atoms with E-state index in [1.54, 1.807) is 7.11 Å². The zero-order valence-corrected chi connectivity index (χ0v) is 8.80. The molecule has 2 heteroatoms. The minimum Gasteiger partial charge on any atom is -0.384 e. The van der Waals surface area contributed by atoms with Gasteiger partial charge in [0.2, 0.25) is 0 Å². The largest absolute Gasteiger partial charge is 0.384 e. The van der Waals surface area contributed by atoms with E-state index in [9.17, 15) is 0 Å². The van der Waals surface area contributed by atoms with E-state index in [0.29, 0.717) is 5.92 Å². The highest BCUT2D eigenvalue weighted by atomic mass is 16.5. The van der Waals surface area contributed by atoms with E-state index in [4.69, 9.17) is 9.47 Å². The van der Waals surface area contributed by atoms with Crippen LogP contribution >= 0.6 is 0 Å². The molecule has 1 fully saturated rings. The van der Waals surface area contributed by atoms with Crippen LogP contribution < -0.4 is 0 Å². The number of hydrogen-bond donors (Lipinski definition) is 0. The van der Waals surface area contributed by atoms with Gasteiger partial charge in [-0.05, 0) is 18.3 Å². The van der Waals surface area contributed by atoms with Gasteiger partial charge in [-0.2, -0.15) is 0 Å². The Bertz CT molecular complexity index is 85.8. The molecule has 1 heterocycles. The van der Waals surface area contributed by atoms with Crippen molar-refractivity contribution in [3.63, 3.8) is 0 Å². The lowest BCUT2D eigenvalue weighted by molar-refractivity contribution is 0.167. The molecular weight excluding hydrogens is 152 g/mol. The molecule has 1 atom stereocenters. The third-order valence-corrected chi connectivity index (χ3v) is 1.66. The Kier molecular flexibility index (Phi) is 7.51. The van der Waals surface area contributed by atoms with Crippen molar-refractivity contribution in [2.45, 2.75) is 27.2 Å². The third kappa shape index (κ3) is 8.02. The molecule has 0 aliphatic carbocycles. The second kappa shape index (κ2) is 7.56. The third-order valence-electron chi connectivity index (χ3n) is 1.66. The molecule has 0 aromatic rings. The summed E-state index contributed by atoms with van der Waals surface area (Å²) in [6.45, 7) is 9.32. The predicted molar refractivity (Wildman–Crippen MR) is 51.3 cm³/mol. The first-order chi connectivity index (χ1) is 5.66. The first kappa shape index (κ1) is 11.9. The number of methoxy groups -OCH3 is 1. The summed E-state index contributed by atoms with van der Waals surface area (Å²) in [6.07, 6.45) is 1.26. The van der Waals surface area contributed by atoms with Crippen molar-refractivity contribution in [2.24, 2.45) is 11.8 Å². The van der Waals surface area contributed by atoms with Crippen LogP contribution in [0.4, 0.5) is 0 Å². The smallest absolute Gasteiger partial charge is 0.0492 e. The van der Waals surface area contributed by atoms with Gasteiger partial charge >= 0.3 is 0 Å². The van der Waals surface area contributed by atoms with Crippen molar-refractivity contribution in [3.05, 3.63) is 0 Å². The second-order valence-corrected chi connectivity index (χ2v) is 3.82. The molecule has 74 valence electrons. The Balaban J connectivity index is 0.000000202. The van der Waals surface area contributed by atoms with Crippen molar-refractivity contribution in [3.8, 4) is 0 Å². The summed E-state index contributed by atoms with van der Waals surface area (Å²) < 4.78 is 9.86. The highest BCUT2D eigenvalue weighted by Gasteiger charge is 2.07. The van der Waals surface area contributed by atoms with Gasteiger partial charge in [0.1, 0.15) is 0 Å². The lowest BCUT2D eigenvalue weighted by atomic mass is 10.2. The van der Waals surface area contributed by atoms with Crippen LogP contribution in [0.5, 0.6) is 0 Å². The van der Waals surface area contributed by atoms with Crippen molar-refractivity contribution < 1.29 is 9.47 Å². The fourth-order valence-corrected chi connectivity index (χ4v) is 0.986. The van der Waals surface area contributed by atoms with E-state index in [0.717, 1.165) is 25.7 Å². The van der Waals surface area contributed by atoms with Crippen LogP contribution in [-0.2, 0) is 9.47 Å². The molecule has 0 N–H and O–H groups in total. The minimum atomic E-state index is 0.676. The normalized spacial score (nSPS) is 22.2. The van der Waals surface area contributed by atoms with Crippen LogP contribution in [0.1, 0.15) is 27.2 Å². The Hall–Kier alpha value is -0.0800. The predicted octanol–water partition coefficient (Wildman–Crippen LogP) is 2.33. The summed E-state index contributed by atoms with van der Waals surface area (Å²) >= 11 is 0. The van der Waals surface area contributed by atoms with Gasteiger partial charge < -0.3 is 9.47 Å². The summed E-state index contributed by atoms with van der Waals surface area (Å²) in [5.41, 5.74) is 0. The van der Waals surface area contributed by atoms with Crippen LogP contribution in [0, 0.1) is 11.8 Å². The maximum Gasteiger partial charge on any atom is 0.0492 e. The molecule has 0 spiro atoms. The van der Waals surface area contributed by atoms with Crippen LogP contribution in [0.25, 0.3) is 0 Å².